The van der Waals surface area contributed by atoms with Crippen molar-refractivity contribution < 1.29 is 17.9 Å². The van der Waals surface area contributed by atoms with E-state index in [1.165, 1.54) is 0 Å². The van der Waals surface area contributed by atoms with Crippen molar-refractivity contribution in [3.8, 4) is 5.75 Å². The zero-order valence-corrected chi connectivity index (χ0v) is 18.5. The van der Waals surface area contributed by atoms with Gasteiger partial charge in [0, 0.05) is 17.6 Å². The summed E-state index contributed by atoms with van der Waals surface area (Å²) in [6.07, 6.45) is 0.449. The molecule has 0 radical (unpaired) electrons. The molecule has 0 aliphatic carbocycles. The topological polar surface area (TPSA) is 63.7 Å². The lowest BCUT2D eigenvalue weighted by molar-refractivity contribution is -0.136. The van der Waals surface area contributed by atoms with Gasteiger partial charge in [-0.15, -0.1) is 0 Å². The number of amides is 1. The first-order valence-corrected chi connectivity index (χ1v) is 11.8. The minimum Gasteiger partial charge on any atom is -0.483 e. The second-order valence-electron chi connectivity index (χ2n) is 7.72. The van der Waals surface area contributed by atoms with Crippen molar-refractivity contribution in [2.45, 2.75) is 39.8 Å². The number of carbonyl (C=O) groups excluding carboxylic acids is 1. The van der Waals surface area contributed by atoms with E-state index < -0.39 is 9.84 Å². The number of ether oxygens (including phenoxy) is 1. The van der Waals surface area contributed by atoms with Crippen LogP contribution in [0.2, 0.25) is 5.02 Å². The largest absolute Gasteiger partial charge is 0.483 e. The molecule has 0 bridgehead atoms. The van der Waals surface area contributed by atoms with E-state index in [9.17, 15) is 13.2 Å². The molecule has 1 aliphatic heterocycles. The quantitative estimate of drug-likeness (QED) is 0.691. The molecule has 5 nitrogen and oxygen atoms in total. The fourth-order valence-electron chi connectivity index (χ4n) is 3.84. The minimum absolute atomic E-state index is 0.00504. The van der Waals surface area contributed by atoms with E-state index in [2.05, 4.69) is 0 Å². The van der Waals surface area contributed by atoms with Crippen LogP contribution in [-0.4, -0.2) is 43.4 Å². The molecule has 0 saturated carbocycles. The summed E-state index contributed by atoms with van der Waals surface area (Å²) in [5.41, 5.74) is 3.99. The monoisotopic (exact) mass is 435 g/mol. The fourth-order valence-corrected chi connectivity index (χ4v) is 5.70. The third-order valence-electron chi connectivity index (χ3n) is 5.18. The van der Waals surface area contributed by atoms with Gasteiger partial charge >= 0.3 is 0 Å². The third-order valence-corrected chi connectivity index (χ3v) is 7.18. The average molecular weight is 436 g/mol. The maximum absolute atomic E-state index is 13.1. The van der Waals surface area contributed by atoms with Crippen LogP contribution >= 0.6 is 11.6 Å². The summed E-state index contributed by atoms with van der Waals surface area (Å²) in [5.74, 6) is 0.587. The fraction of sp³-hybridized carbons (Fsp3) is 0.409. The minimum atomic E-state index is -3.11. The lowest BCUT2D eigenvalue weighted by atomic mass is 10.1. The van der Waals surface area contributed by atoms with E-state index in [0.717, 1.165) is 22.3 Å². The molecule has 3 rings (SSSR count). The van der Waals surface area contributed by atoms with Crippen molar-refractivity contribution >= 4 is 27.3 Å². The highest BCUT2D eigenvalue weighted by Crippen LogP contribution is 2.26. The maximum Gasteiger partial charge on any atom is 0.261 e. The molecule has 2 aromatic carbocycles. The van der Waals surface area contributed by atoms with E-state index in [4.69, 9.17) is 16.3 Å². The van der Waals surface area contributed by atoms with Gasteiger partial charge in [-0.1, -0.05) is 41.4 Å². The van der Waals surface area contributed by atoms with Gasteiger partial charge in [-0.25, -0.2) is 8.42 Å². The van der Waals surface area contributed by atoms with Crippen LogP contribution in [0.4, 0.5) is 0 Å². The van der Waals surface area contributed by atoms with Crippen molar-refractivity contribution in [1.82, 2.24) is 4.90 Å². The molecule has 0 spiro atoms. The lowest BCUT2D eigenvalue weighted by Gasteiger charge is -2.28. The number of hydrogen-bond acceptors (Lipinski definition) is 4. The van der Waals surface area contributed by atoms with E-state index in [-0.39, 0.29) is 30.1 Å². The van der Waals surface area contributed by atoms with Gasteiger partial charge in [0.05, 0.1) is 11.5 Å². The molecule has 1 fully saturated rings. The van der Waals surface area contributed by atoms with Gasteiger partial charge in [-0.3, -0.25) is 4.79 Å². The molecular formula is C22H26ClNO4S. The standard InChI is InChI=1S/C22H26ClNO4S/c1-15-10-16(2)22(17(3)11-15)28-13-21(25)24(20-8-9-29(26,27)14-20)12-18-4-6-19(23)7-5-18/h4-7,10-11,20H,8-9,12-14H2,1-3H3/t20-/m0/s1. The first-order chi connectivity index (χ1) is 13.6. The molecule has 0 aromatic heterocycles. The van der Waals surface area contributed by atoms with Crippen molar-refractivity contribution in [2.24, 2.45) is 0 Å². The summed E-state index contributed by atoms with van der Waals surface area (Å²) < 4.78 is 29.8. The summed E-state index contributed by atoms with van der Waals surface area (Å²) in [4.78, 5) is 14.7. The average Bonchev–Trinajstić information content (AvgIpc) is 2.99. The Bertz CT molecular complexity index is 979. The zero-order valence-electron chi connectivity index (χ0n) is 16.9. The number of halogens is 1. The van der Waals surface area contributed by atoms with Crippen molar-refractivity contribution in [1.29, 1.82) is 0 Å². The van der Waals surface area contributed by atoms with E-state index >= 15 is 0 Å². The maximum atomic E-state index is 13.1. The molecule has 7 heteroatoms. The molecule has 156 valence electrons. The number of benzene rings is 2. The first-order valence-electron chi connectivity index (χ1n) is 9.59. The van der Waals surface area contributed by atoms with E-state index in [0.29, 0.717) is 23.7 Å². The Morgan fingerprint density at radius 2 is 1.76 bits per heavy atom. The highest BCUT2D eigenvalue weighted by atomic mass is 35.5. The van der Waals surface area contributed by atoms with Crippen LogP contribution in [0.1, 0.15) is 28.7 Å². The number of aryl methyl sites for hydroxylation is 3. The Hall–Kier alpha value is -2.05. The number of hydrogen-bond donors (Lipinski definition) is 0. The highest BCUT2D eigenvalue weighted by Gasteiger charge is 2.34. The predicted molar refractivity (Wildman–Crippen MR) is 115 cm³/mol. The van der Waals surface area contributed by atoms with Gasteiger partial charge in [-0.05, 0) is 56.0 Å². The first kappa shape index (κ1) is 21.7. The van der Waals surface area contributed by atoms with E-state index in [1.54, 1.807) is 17.0 Å². The molecule has 1 aliphatic rings. The zero-order chi connectivity index (χ0) is 21.2. The Morgan fingerprint density at radius 1 is 1.14 bits per heavy atom. The van der Waals surface area contributed by atoms with Gasteiger partial charge in [0.15, 0.2) is 16.4 Å². The van der Waals surface area contributed by atoms with Crippen molar-refractivity contribution in [2.75, 3.05) is 18.1 Å². The number of nitrogens with zero attached hydrogens (tertiary/aromatic N) is 1. The molecule has 29 heavy (non-hydrogen) atoms. The molecule has 0 N–H and O–H groups in total. The Balaban J connectivity index is 1.78. The van der Waals surface area contributed by atoms with Gasteiger partial charge in [0.25, 0.3) is 5.91 Å². The number of carbonyl (C=O) groups is 1. The Labute approximate surface area is 177 Å². The van der Waals surface area contributed by atoms with Gasteiger partial charge in [0.1, 0.15) is 5.75 Å². The third kappa shape index (κ3) is 5.52. The predicted octanol–water partition coefficient (Wildman–Crippen LogP) is 3.86. The van der Waals surface area contributed by atoms with Crippen LogP contribution in [-0.2, 0) is 21.2 Å². The Kier molecular flexibility index (Phi) is 6.54. The molecule has 0 unspecified atom stereocenters. The number of sulfone groups is 1. The van der Waals surface area contributed by atoms with Crippen LogP contribution in [0.5, 0.6) is 5.75 Å². The SMILES string of the molecule is Cc1cc(C)c(OCC(=O)N(Cc2ccc(Cl)cc2)[C@H]2CCS(=O)(=O)C2)c(C)c1. The second-order valence-corrected chi connectivity index (χ2v) is 10.4. The molecule has 1 heterocycles. The lowest BCUT2D eigenvalue weighted by Crippen LogP contribution is -2.43. The second kappa shape index (κ2) is 8.76. The smallest absolute Gasteiger partial charge is 0.261 e. The van der Waals surface area contributed by atoms with Crippen LogP contribution < -0.4 is 4.74 Å². The molecule has 2 aromatic rings. The molecular weight excluding hydrogens is 410 g/mol. The number of rotatable bonds is 6. The van der Waals surface area contributed by atoms with Crippen LogP contribution in [0, 0.1) is 20.8 Å². The van der Waals surface area contributed by atoms with Crippen LogP contribution in [0.15, 0.2) is 36.4 Å². The summed E-state index contributed by atoms with van der Waals surface area (Å²) in [7, 11) is -3.11. The van der Waals surface area contributed by atoms with Gasteiger partial charge in [-0.2, -0.15) is 0 Å². The van der Waals surface area contributed by atoms with Crippen molar-refractivity contribution in [3.63, 3.8) is 0 Å². The van der Waals surface area contributed by atoms with Crippen LogP contribution in [0.25, 0.3) is 0 Å². The molecule has 1 saturated heterocycles. The molecule has 1 amide bonds. The summed E-state index contributed by atoms with van der Waals surface area (Å²) in [6, 6.07) is 10.9. The van der Waals surface area contributed by atoms with E-state index in [1.807, 2.05) is 45.0 Å². The van der Waals surface area contributed by atoms with Crippen molar-refractivity contribution in [3.05, 3.63) is 63.7 Å². The normalized spacial score (nSPS) is 17.9. The van der Waals surface area contributed by atoms with Crippen LogP contribution in [0.3, 0.4) is 0 Å². The summed E-state index contributed by atoms with van der Waals surface area (Å²) >= 11 is 5.95. The van der Waals surface area contributed by atoms with Gasteiger partial charge < -0.3 is 9.64 Å². The Morgan fingerprint density at radius 3 is 2.31 bits per heavy atom. The molecule has 1 atom stereocenters. The summed E-state index contributed by atoms with van der Waals surface area (Å²) in [6.45, 7) is 6.12. The van der Waals surface area contributed by atoms with Gasteiger partial charge in [0.2, 0.25) is 0 Å². The summed E-state index contributed by atoms with van der Waals surface area (Å²) in [5, 5.41) is 0.615. The highest BCUT2D eigenvalue weighted by molar-refractivity contribution is 7.91.